The summed E-state index contributed by atoms with van der Waals surface area (Å²) in [6.07, 6.45) is 1.51. The number of nitrogens with zero attached hydrogens (tertiary/aromatic N) is 2. The maximum Gasteiger partial charge on any atom is 0.263 e. The smallest absolute Gasteiger partial charge is 0.263 e. The van der Waals surface area contributed by atoms with E-state index in [1.165, 1.54) is 18.3 Å². The van der Waals surface area contributed by atoms with E-state index in [1.807, 2.05) is 12.1 Å². The molecule has 0 saturated carbocycles. The maximum absolute atomic E-state index is 12.6. The standard InChI is InChI=1S/C23H24N4O4S/c28-23(19-6-4-18(5-7-19)17-27-13-15-31-16-14-27)25-20-8-10-21(11-9-20)32(29,30)26-22-3-1-2-12-24-22/h1-12H,13-17H2,(H,24,26)(H,25,28). The number of benzene rings is 2. The van der Waals surface area contributed by atoms with Gasteiger partial charge in [-0.25, -0.2) is 13.4 Å². The fourth-order valence-corrected chi connectivity index (χ4v) is 4.33. The summed E-state index contributed by atoms with van der Waals surface area (Å²) in [4.78, 5) is 18.9. The first-order chi connectivity index (χ1) is 15.5. The van der Waals surface area contributed by atoms with Crippen molar-refractivity contribution in [3.8, 4) is 0 Å². The van der Waals surface area contributed by atoms with Gasteiger partial charge in [0.1, 0.15) is 5.82 Å². The van der Waals surface area contributed by atoms with Crippen LogP contribution in [-0.4, -0.2) is 50.5 Å². The molecule has 3 aromatic rings. The van der Waals surface area contributed by atoms with Gasteiger partial charge in [0.15, 0.2) is 0 Å². The average Bonchev–Trinajstić information content (AvgIpc) is 2.81. The number of ether oxygens (including phenoxy) is 1. The number of aromatic nitrogens is 1. The van der Waals surface area contributed by atoms with Crippen LogP contribution in [0.15, 0.2) is 77.8 Å². The zero-order chi connectivity index (χ0) is 22.4. The number of rotatable bonds is 7. The Balaban J connectivity index is 1.36. The summed E-state index contributed by atoms with van der Waals surface area (Å²) < 4.78 is 32.7. The fourth-order valence-electron chi connectivity index (χ4n) is 3.32. The van der Waals surface area contributed by atoms with Gasteiger partial charge in [-0.3, -0.25) is 14.4 Å². The van der Waals surface area contributed by atoms with Crippen LogP contribution in [0.5, 0.6) is 0 Å². The Morgan fingerprint density at radius 1 is 0.969 bits per heavy atom. The minimum absolute atomic E-state index is 0.0774. The van der Waals surface area contributed by atoms with Crippen LogP contribution in [0.4, 0.5) is 11.5 Å². The first-order valence-corrected chi connectivity index (χ1v) is 11.7. The van der Waals surface area contributed by atoms with Gasteiger partial charge < -0.3 is 10.1 Å². The molecule has 1 fully saturated rings. The molecule has 8 nitrogen and oxygen atoms in total. The Labute approximate surface area is 187 Å². The van der Waals surface area contributed by atoms with Gasteiger partial charge in [-0.05, 0) is 54.1 Å². The minimum atomic E-state index is -3.76. The summed E-state index contributed by atoms with van der Waals surface area (Å²) in [6, 6.07) is 18.4. The van der Waals surface area contributed by atoms with Crippen LogP contribution in [0.25, 0.3) is 0 Å². The van der Waals surface area contributed by atoms with Gasteiger partial charge >= 0.3 is 0 Å². The third-order valence-corrected chi connectivity index (χ3v) is 6.42. The van der Waals surface area contributed by atoms with Crippen molar-refractivity contribution in [2.24, 2.45) is 0 Å². The molecule has 0 atom stereocenters. The van der Waals surface area contributed by atoms with E-state index in [2.05, 4.69) is 19.9 Å². The SMILES string of the molecule is O=C(Nc1ccc(S(=O)(=O)Nc2ccccn2)cc1)c1ccc(CN2CCOCC2)cc1. The predicted molar refractivity (Wildman–Crippen MR) is 122 cm³/mol. The number of hydrogen-bond donors (Lipinski definition) is 2. The van der Waals surface area contributed by atoms with Crippen molar-refractivity contribution in [2.75, 3.05) is 36.3 Å². The Morgan fingerprint density at radius 2 is 1.69 bits per heavy atom. The van der Waals surface area contributed by atoms with Gasteiger partial charge in [-0.1, -0.05) is 18.2 Å². The highest BCUT2D eigenvalue weighted by molar-refractivity contribution is 7.92. The predicted octanol–water partition coefficient (Wildman–Crippen LogP) is 2.97. The molecule has 9 heteroatoms. The molecule has 4 rings (SSSR count). The zero-order valence-corrected chi connectivity index (χ0v) is 18.2. The Bertz CT molecular complexity index is 1140. The van der Waals surface area contributed by atoms with Crippen LogP contribution in [0.3, 0.4) is 0 Å². The minimum Gasteiger partial charge on any atom is -0.379 e. The lowest BCUT2D eigenvalue weighted by Crippen LogP contribution is -2.35. The van der Waals surface area contributed by atoms with E-state index < -0.39 is 10.0 Å². The number of sulfonamides is 1. The number of morpholine rings is 1. The van der Waals surface area contributed by atoms with Crippen molar-refractivity contribution in [2.45, 2.75) is 11.4 Å². The maximum atomic E-state index is 12.6. The second-order valence-corrected chi connectivity index (χ2v) is 9.07. The lowest BCUT2D eigenvalue weighted by molar-refractivity contribution is 0.0342. The molecule has 2 heterocycles. The molecule has 0 unspecified atom stereocenters. The van der Waals surface area contributed by atoms with Crippen molar-refractivity contribution in [1.82, 2.24) is 9.88 Å². The lowest BCUT2D eigenvalue weighted by atomic mass is 10.1. The third kappa shape index (κ3) is 5.70. The number of hydrogen-bond acceptors (Lipinski definition) is 6. The molecule has 32 heavy (non-hydrogen) atoms. The van der Waals surface area contributed by atoms with Crippen molar-refractivity contribution < 1.29 is 17.9 Å². The number of amides is 1. The van der Waals surface area contributed by atoms with Crippen molar-refractivity contribution in [3.05, 3.63) is 84.1 Å². The molecule has 1 amide bonds. The summed E-state index contributed by atoms with van der Waals surface area (Å²) in [6.45, 7) is 4.14. The first kappa shape index (κ1) is 21.9. The van der Waals surface area contributed by atoms with Gasteiger partial charge in [0.25, 0.3) is 15.9 Å². The van der Waals surface area contributed by atoms with E-state index in [-0.39, 0.29) is 16.6 Å². The highest BCUT2D eigenvalue weighted by Crippen LogP contribution is 2.18. The molecular weight excluding hydrogens is 428 g/mol. The normalized spacial score (nSPS) is 14.6. The third-order valence-electron chi connectivity index (χ3n) is 5.05. The second-order valence-electron chi connectivity index (χ2n) is 7.38. The number of carbonyl (C=O) groups excluding carboxylic acids is 1. The van der Waals surface area contributed by atoms with E-state index in [0.717, 1.165) is 38.4 Å². The number of carbonyl (C=O) groups is 1. The molecule has 166 valence electrons. The van der Waals surface area contributed by atoms with E-state index in [9.17, 15) is 13.2 Å². The lowest BCUT2D eigenvalue weighted by Gasteiger charge is -2.26. The van der Waals surface area contributed by atoms with E-state index in [1.54, 1.807) is 42.5 Å². The molecule has 1 aliphatic rings. The van der Waals surface area contributed by atoms with Gasteiger partial charge in [0.2, 0.25) is 0 Å². The molecule has 0 radical (unpaired) electrons. The van der Waals surface area contributed by atoms with Crippen molar-refractivity contribution >= 4 is 27.4 Å². The van der Waals surface area contributed by atoms with Crippen LogP contribution in [0.2, 0.25) is 0 Å². The molecule has 2 N–H and O–H groups in total. The van der Waals surface area contributed by atoms with E-state index >= 15 is 0 Å². The van der Waals surface area contributed by atoms with Gasteiger partial charge in [-0.15, -0.1) is 0 Å². The topological polar surface area (TPSA) is 101 Å². The molecule has 0 spiro atoms. The Morgan fingerprint density at radius 3 is 2.34 bits per heavy atom. The Kier molecular flexibility index (Phi) is 6.79. The van der Waals surface area contributed by atoms with E-state index in [0.29, 0.717) is 11.3 Å². The van der Waals surface area contributed by atoms with Gasteiger partial charge in [-0.2, -0.15) is 0 Å². The summed E-state index contributed by atoms with van der Waals surface area (Å²) in [5, 5.41) is 2.79. The summed E-state index contributed by atoms with van der Waals surface area (Å²) in [5.41, 5.74) is 2.17. The molecule has 1 aromatic heterocycles. The summed E-state index contributed by atoms with van der Waals surface area (Å²) in [5.74, 6) is -0.0212. The molecule has 0 bridgehead atoms. The average molecular weight is 453 g/mol. The van der Waals surface area contributed by atoms with E-state index in [4.69, 9.17) is 4.74 Å². The largest absolute Gasteiger partial charge is 0.379 e. The Hall–Kier alpha value is -3.27. The molecular formula is C23H24N4O4S. The molecule has 1 aliphatic heterocycles. The van der Waals surface area contributed by atoms with Crippen LogP contribution >= 0.6 is 0 Å². The van der Waals surface area contributed by atoms with Crippen LogP contribution in [-0.2, 0) is 21.3 Å². The van der Waals surface area contributed by atoms with Crippen LogP contribution in [0, 0.1) is 0 Å². The summed E-state index contributed by atoms with van der Waals surface area (Å²) in [7, 11) is -3.76. The van der Waals surface area contributed by atoms with Crippen molar-refractivity contribution in [1.29, 1.82) is 0 Å². The van der Waals surface area contributed by atoms with Crippen LogP contribution in [0.1, 0.15) is 15.9 Å². The second kappa shape index (κ2) is 9.90. The fraction of sp³-hybridized carbons (Fsp3) is 0.217. The summed E-state index contributed by atoms with van der Waals surface area (Å²) >= 11 is 0. The zero-order valence-electron chi connectivity index (χ0n) is 17.4. The quantitative estimate of drug-likeness (QED) is 0.572. The number of pyridine rings is 1. The number of anilines is 2. The molecule has 2 aromatic carbocycles. The first-order valence-electron chi connectivity index (χ1n) is 10.2. The van der Waals surface area contributed by atoms with Gasteiger partial charge in [0, 0.05) is 37.1 Å². The number of nitrogens with one attached hydrogen (secondary N) is 2. The molecule has 0 aliphatic carbocycles. The van der Waals surface area contributed by atoms with Crippen LogP contribution < -0.4 is 10.0 Å². The monoisotopic (exact) mass is 452 g/mol. The highest BCUT2D eigenvalue weighted by Gasteiger charge is 2.15. The van der Waals surface area contributed by atoms with Gasteiger partial charge in [0.05, 0.1) is 18.1 Å². The van der Waals surface area contributed by atoms with Crippen molar-refractivity contribution in [3.63, 3.8) is 0 Å². The highest BCUT2D eigenvalue weighted by atomic mass is 32.2. The molecule has 1 saturated heterocycles.